The molecule has 5 heteroatoms. The Kier molecular flexibility index (Phi) is 4.15. The summed E-state index contributed by atoms with van der Waals surface area (Å²) in [5.74, 6) is 0.310. The van der Waals surface area contributed by atoms with Gasteiger partial charge < -0.3 is 19.9 Å². The SMILES string of the molecule is O=C(NCC1CCC(O)C1)C1COCCO1. The van der Waals surface area contributed by atoms with Gasteiger partial charge in [-0.05, 0) is 25.2 Å². The summed E-state index contributed by atoms with van der Waals surface area (Å²) in [7, 11) is 0. The monoisotopic (exact) mass is 229 g/mol. The van der Waals surface area contributed by atoms with E-state index in [9.17, 15) is 9.90 Å². The van der Waals surface area contributed by atoms with Crippen LogP contribution in [0, 0.1) is 5.92 Å². The zero-order valence-corrected chi connectivity index (χ0v) is 9.35. The molecule has 1 aliphatic carbocycles. The topological polar surface area (TPSA) is 67.8 Å². The maximum Gasteiger partial charge on any atom is 0.251 e. The van der Waals surface area contributed by atoms with Crippen LogP contribution in [0.5, 0.6) is 0 Å². The Morgan fingerprint density at radius 1 is 1.38 bits per heavy atom. The predicted molar refractivity (Wildman–Crippen MR) is 56.9 cm³/mol. The zero-order chi connectivity index (χ0) is 11.4. The standard InChI is InChI=1S/C11H19NO4/c13-9-2-1-8(5-9)6-12-11(14)10-7-15-3-4-16-10/h8-10,13H,1-7H2,(H,12,14). The van der Waals surface area contributed by atoms with E-state index in [1.54, 1.807) is 0 Å². The van der Waals surface area contributed by atoms with Crippen LogP contribution in [0.25, 0.3) is 0 Å². The van der Waals surface area contributed by atoms with Crippen LogP contribution in [0.4, 0.5) is 0 Å². The summed E-state index contributed by atoms with van der Waals surface area (Å²) in [6, 6.07) is 0. The minimum absolute atomic E-state index is 0.0962. The lowest BCUT2D eigenvalue weighted by molar-refractivity contribution is -0.147. The quantitative estimate of drug-likeness (QED) is 0.696. The van der Waals surface area contributed by atoms with Gasteiger partial charge in [0.05, 0.1) is 25.9 Å². The summed E-state index contributed by atoms with van der Waals surface area (Å²) in [6.45, 7) is 2.04. The summed E-state index contributed by atoms with van der Waals surface area (Å²) in [6.07, 6.45) is 1.99. The molecule has 3 unspecified atom stereocenters. The largest absolute Gasteiger partial charge is 0.393 e. The Labute approximate surface area is 95.1 Å². The second-order valence-corrected chi connectivity index (χ2v) is 4.51. The van der Waals surface area contributed by atoms with Gasteiger partial charge in [0.2, 0.25) is 0 Å². The lowest BCUT2D eigenvalue weighted by atomic mass is 10.1. The van der Waals surface area contributed by atoms with E-state index in [1.165, 1.54) is 0 Å². The summed E-state index contributed by atoms with van der Waals surface area (Å²) >= 11 is 0. The van der Waals surface area contributed by atoms with Crippen molar-refractivity contribution in [2.45, 2.75) is 31.5 Å². The Balaban J connectivity index is 1.66. The van der Waals surface area contributed by atoms with Gasteiger partial charge in [0, 0.05) is 6.54 Å². The molecule has 3 atom stereocenters. The first-order valence-corrected chi connectivity index (χ1v) is 5.91. The Hall–Kier alpha value is -0.650. The minimum Gasteiger partial charge on any atom is -0.393 e. The lowest BCUT2D eigenvalue weighted by Crippen LogP contribution is -2.44. The molecule has 2 rings (SSSR count). The highest BCUT2D eigenvalue weighted by molar-refractivity contribution is 5.80. The second-order valence-electron chi connectivity index (χ2n) is 4.51. The van der Waals surface area contributed by atoms with Crippen molar-refractivity contribution in [3.8, 4) is 0 Å². The first-order chi connectivity index (χ1) is 7.75. The molecule has 0 spiro atoms. The Morgan fingerprint density at radius 3 is 2.88 bits per heavy atom. The number of ether oxygens (including phenoxy) is 2. The van der Waals surface area contributed by atoms with Crippen molar-refractivity contribution in [2.24, 2.45) is 5.92 Å². The number of nitrogens with one attached hydrogen (secondary N) is 1. The van der Waals surface area contributed by atoms with E-state index < -0.39 is 6.10 Å². The number of carbonyl (C=O) groups is 1. The van der Waals surface area contributed by atoms with E-state index in [4.69, 9.17) is 9.47 Å². The van der Waals surface area contributed by atoms with Crippen LogP contribution >= 0.6 is 0 Å². The molecule has 0 aromatic rings. The molecular weight excluding hydrogens is 210 g/mol. The Bertz CT molecular complexity index is 240. The fourth-order valence-corrected chi connectivity index (χ4v) is 2.23. The number of hydrogen-bond acceptors (Lipinski definition) is 4. The summed E-state index contributed by atoms with van der Waals surface area (Å²) in [4.78, 5) is 11.7. The van der Waals surface area contributed by atoms with Crippen LogP contribution in [0.3, 0.4) is 0 Å². The van der Waals surface area contributed by atoms with Crippen LogP contribution in [0.1, 0.15) is 19.3 Å². The van der Waals surface area contributed by atoms with Gasteiger partial charge >= 0.3 is 0 Å². The smallest absolute Gasteiger partial charge is 0.251 e. The maximum absolute atomic E-state index is 11.7. The van der Waals surface area contributed by atoms with Crippen molar-refractivity contribution >= 4 is 5.91 Å². The molecule has 2 aliphatic rings. The predicted octanol–water partition coefficient (Wildman–Crippen LogP) is -0.321. The van der Waals surface area contributed by atoms with Gasteiger partial charge in [-0.3, -0.25) is 4.79 Å². The van der Waals surface area contributed by atoms with Gasteiger partial charge in [-0.25, -0.2) is 0 Å². The molecule has 16 heavy (non-hydrogen) atoms. The van der Waals surface area contributed by atoms with Gasteiger partial charge in [-0.1, -0.05) is 0 Å². The molecule has 2 fully saturated rings. The van der Waals surface area contributed by atoms with E-state index in [-0.39, 0.29) is 12.0 Å². The van der Waals surface area contributed by atoms with Gasteiger partial charge in [-0.2, -0.15) is 0 Å². The molecule has 1 amide bonds. The third kappa shape index (κ3) is 3.17. The van der Waals surface area contributed by atoms with Crippen molar-refractivity contribution in [3.05, 3.63) is 0 Å². The molecule has 1 heterocycles. The number of amides is 1. The number of carbonyl (C=O) groups excluding carboxylic acids is 1. The highest BCUT2D eigenvalue weighted by Crippen LogP contribution is 2.24. The molecule has 92 valence electrons. The van der Waals surface area contributed by atoms with Gasteiger partial charge in [0.25, 0.3) is 5.91 Å². The summed E-state index contributed by atoms with van der Waals surface area (Å²) < 4.78 is 10.5. The molecular formula is C11H19NO4. The van der Waals surface area contributed by atoms with Gasteiger partial charge in [0.1, 0.15) is 0 Å². The molecule has 0 radical (unpaired) electrons. The number of hydrogen-bond donors (Lipinski definition) is 2. The number of aliphatic hydroxyl groups is 1. The first-order valence-electron chi connectivity index (χ1n) is 5.91. The van der Waals surface area contributed by atoms with Crippen LogP contribution in [0.2, 0.25) is 0 Å². The first kappa shape index (κ1) is 11.8. The normalized spacial score (nSPS) is 34.9. The van der Waals surface area contributed by atoms with Gasteiger partial charge in [-0.15, -0.1) is 0 Å². The fraction of sp³-hybridized carbons (Fsp3) is 0.909. The molecule has 2 N–H and O–H groups in total. The van der Waals surface area contributed by atoms with E-state index in [0.717, 1.165) is 19.3 Å². The molecule has 1 aliphatic heterocycles. The van der Waals surface area contributed by atoms with E-state index in [0.29, 0.717) is 32.3 Å². The van der Waals surface area contributed by atoms with Crippen molar-refractivity contribution in [1.29, 1.82) is 0 Å². The van der Waals surface area contributed by atoms with Crippen LogP contribution < -0.4 is 5.32 Å². The second kappa shape index (κ2) is 5.61. The van der Waals surface area contributed by atoms with Crippen molar-refractivity contribution in [3.63, 3.8) is 0 Å². The molecule has 1 saturated heterocycles. The van der Waals surface area contributed by atoms with Crippen LogP contribution in [-0.2, 0) is 14.3 Å². The molecule has 0 bridgehead atoms. The molecule has 0 aromatic heterocycles. The van der Waals surface area contributed by atoms with Crippen molar-refractivity contribution in [1.82, 2.24) is 5.32 Å². The van der Waals surface area contributed by atoms with E-state index >= 15 is 0 Å². The minimum atomic E-state index is -0.458. The molecule has 0 aromatic carbocycles. The number of aliphatic hydroxyl groups excluding tert-OH is 1. The summed E-state index contributed by atoms with van der Waals surface area (Å²) in [5, 5.41) is 12.2. The maximum atomic E-state index is 11.7. The lowest BCUT2D eigenvalue weighted by Gasteiger charge is -2.22. The van der Waals surface area contributed by atoms with Crippen LogP contribution in [-0.4, -0.2) is 49.6 Å². The average molecular weight is 229 g/mol. The highest BCUT2D eigenvalue weighted by atomic mass is 16.6. The average Bonchev–Trinajstić information content (AvgIpc) is 2.73. The van der Waals surface area contributed by atoms with E-state index in [2.05, 4.69) is 5.32 Å². The number of rotatable bonds is 3. The highest BCUT2D eigenvalue weighted by Gasteiger charge is 2.26. The van der Waals surface area contributed by atoms with Crippen molar-refractivity contribution < 1.29 is 19.4 Å². The fourth-order valence-electron chi connectivity index (χ4n) is 2.23. The Morgan fingerprint density at radius 2 is 2.25 bits per heavy atom. The summed E-state index contributed by atoms with van der Waals surface area (Å²) in [5.41, 5.74) is 0. The van der Waals surface area contributed by atoms with Crippen LogP contribution in [0.15, 0.2) is 0 Å². The third-order valence-corrected chi connectivity index (χ3v) is 3.19. The van der Waals surface area contributed by atoms with Gasteiger partial charge in [0.15, 0.2) is 6.10 Å². The van der Waals surface area contributed by atoms with E-state index in [1.807, 2.05) is 0 Å². The third-order valence-electron chi connectivity index (χ3n) is 3.19. The molecule has 5 nitrogen and oxygen atoms in total. The zero-order valence-electron chi connectivity index (χ0n) is 9.35. The molecule has 1 saturated carbocycles. The van der Waals surface area contributed by atoms with Crippen molar-refractivity contribution in [2.75, 3.05) is 26.4 Å².